The van der Waals surface area contributed by atoms with Gasteiger partial charge in [0.2, 0.25) is 0 Å². The number of halogens is 3. The number of benzene rings is 2. The van der Waals surface area contributed by atoms with Crippen LogP contribution in [0.3, 0.4) is 0 Å². The lowest BCUT2D eigenvalue weighted by Crippen LogP contribution is -2.16. The summed E-state index contributed by atoms with van der Waals surface area (Å²) in [6, 6.07) is 8.50. The maximum atomic E-state index is 12.0. The van der Waals surface area contributed by atoms with Gasteiger partial charge in [0.1, 0.15) is 11.5 Å². The molecule has 30 heavy (non-hydrogen) atoms. The first kappa shape index (κ1) is 24.4. The molecule has 0 saturated heterocycles. The SMILES string of the molecule is COc1ccc(C(=O)O)c(N)c1.COc1ccc(C(=O)O)c(NCCC(F)(F)F)c1. The Balaban J connectivity index is 0.000000325. The highest BCUT2D eigenvalue weighted by Crippen LogP contribution is 2.24. The van der Waals surface area contributed by atoms with Gasteiger partial charge in [-0.15, -0.1) is 0 Å². The van der Waals surface area contributed by atoms with Crippen LogP contribution in [0.1, 0.15) is 27.1 Å². The second-order valence-corrected chi connectivity index (χ2v) is 5.77. The number of carboxylic acid groups (broad SMARTS) is 2. The molecule has 0 amide bonds. The zero-order valence-electron chi connectivity index (χ0n) is 16.1. The fraction of sp³-hybridized carbons (Fsp3) is 0.263. The van der Waals surface area contributed by atoms with Crippen molar-refractivity contribution < 1.29 is 42.4 Å². The Morgan fingerprint density at radius 1 is 0.967 bits per heavy atom. The van der Waals surface area contributed by atoms with Gasteiger partial charge in [-0.2, -0.15) is 13.2 Å². The van der Waals surface area contributed by atoms with Crippen molar-refractivity contribution in [3.05, 3.63) is 47.5 Å². The van der Waals surface area contributed by atoms with Crippen LogP contribution >= 0.6 is 0 Å². The highest BCUT2D eigenvalue weighted by molar-refractivity contribution is 5.94. The maximum absolute atomic E-state index is 12.0. The number of nitrogens with one attached hydrogen (secondary N) is 1. The Labute approximate surface area is 170 Å². The van der Waals surface area contributed by atoms with Gasteiger partial charge < -0.3 is 30.7 Å². The molecule has 0 aliphatic heterocycles. The third kappa shape index (κ3) is 7.78. The van der Waals surface area contributed by atoms with Gasteiger partial charge in [-0.1, -0.05) is 0 Å². The molecule has 0 bridgehead atoms. The summed E-state index contributed by atoms with van der Waals surface area (Å²) in [6.07, 6.45) is -5.32. The molecule has 0 aromatic heterocycles. The predicted octanol–water partition coefficient (Wildman–Crippen LogP) is 3.73. The first-order valence-electron chi connectivity index (χ1n) is 8.37. The minimum Gasteiger partial charge on any atom is -0.497 e. The molecule has 0 aliphatic rings. The van der Waals surface area contributed by atoms with Crippen LogP contribution in [-0.4, -0.2) is 49.1 Å². The predicted molar refractivity (Wildman–Crippen MR) is 103 cm³/mol. The summed E-state index contributed by atoms with van der Waals surface area (Å²) < 4.78 is 45.7. The summed E-state index contributed by atoms with van der Waals surface area (Å²) in [7, 11) is 2.88. The molecule has 0 radical (unpaired) electrons. The highest BCUT2D eigenvalue weighted by Gasteiger charge is 2.26. The monoisotopic (exact) mass is 430 g/mol. The van der Waals surface area contributed by atoms with E-state index in [9.17, 15) is 22.8 Å². The summed E-state index contributed by atoms with van der Waals surface area (Å²) in [5.74, 6) is -1.32. The molecular weight excluding hydrogens is 409 g/mol. The number of ether oxygens (including phenoxy) is 2. The van der Waals surface area contributed by atoms with Crippen molar-refractivity contribution in [3.8, 4) is 11.5 Å². The number of anilines is 2. The molecule has 2 aromatic carbocycles. The Morgan fingerprint density at radius 3 is 1.90 bits per heavy atom. The summed E-state index contributed by atoms with van der Waals surface area (Å²) >= 11 is 0. The van der Waals surface area contributed by atoms with Crippen LogP contribution in [0.15, 0.2) is 36.4 Å². The minimum absolute atomic E-state index is 0.0933. The second-order valence-electron chi connectivity index (χ2n) is 5.77. The van der Waals surface area contributed by atoms with Crippen LogP contribution in [0.5, 0.6) is 11.5 Å². The molecule has 0 spiro atoms. The first-order chi connectivity index (χ1) is 14.0. The molecule has 0 atom stereocenters. The van der Waals surface area contributed by atoms with Crippen LogP contribution in [-0.2, 0) is 0 Å². The van der Waals surface area contributed by atoms with Crippen molar-refractivity contribution in [2.75, 3.05) is 31.8 Å². The lowest BCUT2D eigenvalue weighted by Gasteiger charge is -2.12. The fourth-order valence-corrected chi connectivity index (χ4v) is 2.18. The Hall–Kier alpha value is -3.63. The van der Waals surface area contributed by atoms with Crippen molar-refractivity contribution in [2.45, 2.75) is 12.6 Å². The van der Waals surface area contributed by atoms with Crippen molar-refractivity contribution >= 4 is 23.3 Å². The molecular formula is C19H21F3N2O6. The number of carboxylic acids is 2. The fourth-order valence-electron chi connectivity index (χ4n) is 2.18. The van der Waals surface area contributed by atoms with Gasteiger partial charge in [0.15, 0.2) is 0 Å². The quantitative estimate of drug-likeness (QED) is 0.489. The summed E-state index contributed by atoms with van der Waals surface area (Å²) in [4.78, 5) is 21.4. The van der Waals surface area contributed by atoms with Crippen molar-refractivity contribution in [3.63, 3.8) is 0 Å². The number of methoxy groups -OCH3 is 2. The lowest BCUT2D eigenvalue weighted by molar-refractivity contribution is -0.131. The number of hydrogen-bond donors (Lipinski definition) is 4. The molecule has 0 unspecified atom stereocenters. The smallest absolute Gasteiger partial charge is 0.390 e. The zero-order valence-corrected chi connectivity index (χ0v) is 16.1. The summed E-state index contributed by atoms with van der Waals surface area (Å²) in [6.45, 7) is -0.392. The molecule has 2 aromatic rings. The minimum atomic E-state index is -4.28. The molecule has 0 fully saturated rings. The van der Waals surface area contributed by atoms with E-state index in [-0.39, 0.29) is 22.5 Å². The highest BCUT2D eigenvalue weighted by atomic mass is 19.4. The van der Waals surface area contributed by atoms with E-state index in [2.05, 4.69) is 5.32 Å². The molecule has 5 N–H and O–H groups in total. The number of aromatic carboxylic acids is 2. The first-order valence-corrected chi connectivity index (χ1v) is 8.37. The van der Waals surface area contributed by atoms with Crippen LogP contribution in [0.2, 0.25) is 0 Å². The van der Waals surface area contributed by atoms with E-state index in [4.69, 9.17) is 25.4 Å². The van der Waals surface area contributed by atoms with E-state index in [0.717, 1.165) is 0 Å². The van der Waals surface area contributed by atoms with Gasteiger partial charge in [0.05, 0.1) is 37.5 Å². The molecule has 2 rings (SSSR count). The van der Waals surface area contributed by atoms with Crippen LogP contribution < -0.4 is 20.5 Å². The van der Waals surface area contributed by atoms with Gasteiger partial charge in [0, 0.05) is 24.4 Å². The molecule has 8 nitrogen and oxygen atoms in total. The average molecular weight is 430 g/mol. The van der Waals surface area contributed by atoms with E-state index in [0.29, 0.717) is 11.5 Å². The van der Waals surface area contributed by atoms with Gasteiger partial charge in [0.25, 0.3) is 0 Å². The normalized spacial score (nSPS) is 10.4. The van der Waals surface area contributed by atoms with E-state index < -0.39 is 31.1 Å². The second kappa shape index (κ2) is 10.8. The van der Waals surface area contributed by atoms with Crippen LogP contribution in [0, 0.1) is 0 Å². The zero-order chi connectivity index (χ0) is 22.9. The molecule has 0 saturated carbocycles. The van der Waals surface area contributed by atoms with E-state index in [1.54, 1.807) is 6.07 Å². The summed E-state index contributed by atoms with van der Waals surface area (Å²) in [5.41, 5.74) is 5.74. The van der Waals surface area contributed by atoms with E-state index in [1.165, 1.54) is 44.6 Å². The Bertz CT molecular complexity index is 887. The van der Waals surface area contributed by atoms with Gasteiger partial charge in [-0.05, 0) is 24.3 Å². The summed E-state index contributed by atoms with van der Waals surface area (Å²) in [5, 5.41) is 19.9. The molecule has 164 valence electrons. The van der Waals surface area contributed by atoms with Crippen molar-refractivity contribution in [1.29, 1.82) is 0 Å². The number of nitrogens with two attached hydrogens (primary N) is 1. The lowest BCUT2D eigenvalue weighted by atomic mass is 10.1. The maximum Gasteiger partial charge on any atom is 0.390 e. The van der Waals surface area contributed by atoms with E-state index >= 15 is 0 Å². The number of rotatable bonds is 7. The van der Waals surface area contributed by atoms with Crippen LogP contribution in [0.25, 0.3) is 0 Å². The van der Waals surface area contributed by atoms with Gasteiger partial charge in [-0.25, -0.2) is 9.59 Å². The topological polar surface area (TPSA) is 131 Å². The Kier molecular flexibility index (Phi) is 8.78. The standard InChI is InChI=1S/C11H12F3NO3.C8H9NO3/c1-18-7-2-3-8(10(16)17)9(6-7)15-5-4-11(12,13)14;1-12-5-2-3-6(8(10)11)7(9)4-5/h2-3,6,15H,4-5H2,1H3,(H,16,17);2-4H,9H2,1H3,(H,10,11). The molecule has 0 heterocycles. The number of carbonyl (C=O) groups is 2. The molecule has 11 heteroatoms. The van der Waals surface area contributed by atoms with Gasteiger partial charge >= 0.3 is 18.1 Å². The number of hydrogen-bond acceptors (Lipinski definition) is 6. The van der Waals surface area contributed by atoms with Crippen LogP contribution in [0.4, 0.5) is 24.5 Å². The molecule has 0 aliphatic carbocycles. The average Bonchev–Trinajstić information content (AvgIpc) is 2.66. The number of nitrogen functional groups attached to an aromatic ring is 1. The largest absolute Gasteiger partial charge is 0.497 e. The number of alkyl halides is 3. The van der Waals surface area contributed by atoms with Crippen molar-refractivity contribution in [1.82, 2.24) is 0 Å². The van der Waals surface area contributed by atoms with Crippen molar-refractivity contribution in [2.24, 2.45) is 0 Å². The third-order valence-corrected chi connectivity index (χ3v) is 3.67. The third-order valence-electron chi connectivity index (χ3n) is 3.67. The van der Waals surface area contributed by atoms with Gasteiger partial charge in [-0.3, -0.25) is 0 Å². The van der Waals surface area contributed by atoms with E-state index in [1.807, 2.05) is 0 Å². The Morgan fingerprint density at radius 2 is 1.47 bits per heavy atom.